The number of hydrogen-bond donors (Lipinski definition) is 1. The summed E-state index contributed by atoms with van der Waals surface area (Å²) < 4.78 is 10.7. The third-order valence-corrected chi connectivity index (χ3v) is 4.91. The fraction of sp³-hybridized carbons (Fsp3) is 0.529. The number of rotatable bonds is 4. The van der Waals surface area contributed by atoms with Gasteiger partial charge in [-0.05, 0) is 37.0 Å². The molecule has 3 rings (SSSR count). The lowest BCUT2D eigenvalue weighted by Gasteiger charge is -2.33. The van der Waals surface area contributed by atoms with Crippen molar-refractivity contribution in [3.8, 4) is 11.5 Å². The average Bonchev–Trinajstić information content (AvgIpc) is 3.07. The number of amides is 1. The van der Waals surface area contributed by atoms with Crippen LogP contribution >= 0.6 is 12.2 Å². The van der Waals surface area contributed by atoms with Crippen LogP contribution < -0.4 is 14.8 Å². The van der Waals surface area contributed by atoms with Crippen LogP contribution in [-0.2, 0) is 11.3 Å². The second-order valence-corrected chi connectivity index (χ2v) is 6.77. The topological polar surface area (TPSA) is 57.3 Å². The van der Waals surface area contributed by atoms with Crippen LogP contribution in [0.1, 0.15) is 5.56 Å². The molecule has 2 aliphatic heterocycles. The van der Waals surface area contributed by atoms with Crippen LogP contribution in [0, 0.1) is 0 Å². The molecule has 0 unspecified atom stereocenters. The van der Waals surface area contributed by atoms with Crippen molar-refractivity contribution in [1.82, 2.24) is 20.0 Å². The predicted octanol–water partition coefficient (Wildman–Crippen LogP) is 0.496. The number of likely N-dealkylation sites (N-methyl/N-ethyl adjacent to an activating group) is 2. The molecule has 8 heteroatoms. The maximum atomic E-state index is 12.4. The van der Waals surface area contributed by atoms with Gasteiger partial charge in [-0.2, -0.15) is 0 Å². The summed E-state index contributed by atoms with van der Waals surface area (Å²) in [6.07, 6.45) is 0. The molecule has 1 aromatic carbocycles. The van der Waals surface area contributed by atoms with E-state index in [1.807, 2.05) is 30.1 Å². The van der Waals surface area contributed by atoms with Gasteiger partial charge in [-0.25, -0.2) is 0 Å². The van der Waals surface area contributed by atoms with Crippen LogP contribution in [0.3, 0.4) is 0 Å². The Hall–Kier alpha value is -2.06. The Morgan fingerprint density at radius 1 is 1.24 bits per heavy atom. The van der Waals surface area contributed by atoms with E-state index in [0.717, 1.165) is 43.2 Å². The third kappa shape index (κ3) is 4.52. The van der Waals surface area contributed by atoms with Crippen molar-refractivity contribution in [2.24, 2.45) is 0 Å². The molecule has 1 saturated heterocycles. The normalized spacial score (nSPS) is 16.6. The quantitative estimate of drug-likeness (QED) is 0.781. The van der Waals surface area contributed by atoms with Crippen molar-refractivity contribution >= 4 is 23.2 Å². The number of thiocarbonyl (C=S) groups is 1. The van der Waals surface area contributed by atoms with Gasteiger partial charge in [0.25, 0.3) is 0 Å². The van der Waals surface area contributed by atoms with E-state index in [4.69, 9.17) is 21.7 Å². The summed E-state index contributed by atoms with van der Waals surface area (Å²) in [6, 6.07) is 5.80. The number of ether oxygens (including phenoxy) is 2. The van der Waals surface area contributed by atoms with Gasteiger partial charge in [-0.3, -0.25) is 4.79 Å². The van der Waals surface area contributed by atoms with E-state index >= 15 is 0 Å². The minimum Gasteiger partial charge on any atom is -0.454 e. The fourth-order valence-corrected chi connectivity index (χ4v) is 2.93. The molecule has 1 amide bonds. The summed E-state index contributed by atoms with van der Waals surface area (Å²) in [5.74, 6) is 1.63. The number of nitrogens with zero attached hydrogens (tertiary/aromatic N) is 3. The van der Waals surface area contributed by atoms with Gasteiger partial charge in [-0.15, -0.1) is 0 Å². The van der Waals surface area contributed by atoms with E-state index in [-0.39, 0.29) is 19.2 Å². The van der Waals surface area contributed by atoms with Crippen molar-refractivity contribution < 1.29 is 14.3 Å². The number of nitrogens with one attached hydrogen (secondary N) is 1. The van der Waals surface area contributed by atoms with Crippen molar-refractivity contribution in [2.75, 3.05) is 53.6 Å². The molecule has 0 atom stereocenters. The maximum absolute atomic E-state index is 12.4. The SMILES string of the molecule is CN1CCN(C(=O)CN(C)C(=S)NCc2ccc3c(c2)OCO3)CC1. The highest BCUT2D eigenvalue weighted by molar-refractivity contribution is 7.80. The van der Waals surface area contributed by atoms with E-state index in [2.05, 4.69) is 17.3 Å². The van der Waals surface area contributed by atoms with Gasteiger partial charge in [0.05, 0.1) is 6.54 Å². The zero-order valence-corrected chi connectivity index (χ0v) is 15.5. The Labute approximate surface area is 153 Å². The average molecular weight is 364 g/mol. The number of benzene rings is 1. The highest BCUT2D eigenvalue weighted by atomic mass is 32.1. The van der Waals surface area contributed by atoms with Crippen molar-refractivity contribution in [3.63, 3.8) is 0 Å². The highest BCUT2D eigenvalue weighted by Crippen LogP contribution is 2.32. The molecule has 0 aliphatic carbocycles. The first-order valence-electron chi connectivity index (χ1n) is 8.37. The molecule has 25 heavy (non-hydrogen) atoms. The summed E-state index contributed by atoms with van der Waals surface area (Å²) in [5.41, 5.74) is 1.05. The molecule has 0 bridgehead atoms. The summed E-state index contributed by atoms with van der Waals surface area (Å²) in [7, 11) is 3.91. The van der Waals surface area contributed by atoms with Crippen LogP contribution in [0.4, 0.5) is 0 Å². The first kappa shape index (κ1) is 17.8. The molecular formula is C17H24N4O3S. The molecule has 2 heterocycles. The number of carbonyl (C=O) groups is 1. The fourth-order valence-electron chi connectivity index (χ4n) is 2.79. The first-order chi connectivity index (χ1) is 12.0. The summed E-state index contributed by atoms with van der Waals surface area (Å²) >= 11 is 5.39. The minimum absolute atomic E-state index is 0.114. The first-order valence-corrected chi connectivity index (χ1v) is 8.77. The van der Waals surface area contributed by atoms with E-state index in [1.54, 1.807) is 4.90 Å². The standard InChI is InChI=1S/C17H24N4O3S/c1-19-5-7-21(8-6-19)16(22)11-20(2)17(25)18-10-13-3-4-14-15(9-13)24-12-23-14/h3-4,9H,5-8,10-12H2,1-2H3,(H,18,25). The monoisotopic (exact) mass is 364 g/mol. The lowest BCUT2D eigenvalue weighted by Crippen LogP contribution is -2.51. The van der Waals surface area contributed by atoms with E-state index in [1.165, 1.54) is 0 Å². The van der Waals surface area contributed by atoms with Gasteiger partial charge >= 0.3 is 0 Å². The van der Waals surface area contributed by atoms with Gasteiger partial charge in [0.2, 0.25) is 12.7 Å². The van der Waals surface area contributed by atoms with Crippen molar-refractivity contribution in [1.29, 1.82) is 0 Å². The number of fused-ring (bicyclic) bond motifs is 1. The number of carbonyl (C=O) groups excluding carboxylic acids is 1. The van der Waals surface area contributed by atoms with Gasteiger partial charge in [0.15, 0.2) is 16.6 Å². The molecular weight excluding hydrogens is 340 g/mol. The Bertz CT molecular complexity index is 647. The van der Waals surface area contributed by atoms with Crippen LogP contribution in [0.5, 0.6) is 11.5 Å². The van der Waals surface area contributed by atoms with Crippen LogP contribution in [-0.4, -0.2) is 79.3 Å². The zero-order chi connectivity index (χ0) is 17.8. The molecule has 1 N–H and O–H groups in total. The second-order valence-electron chi connectivity index (χ2n) is 6.39. The lowest BCUT2D eigenvalue weighted by atomic mass is 10.2. The molecule has 2 aliphatic rings. The van der Waals surface area contributed by atoms with E-state index in [0.29, 0.717) is 11.7 Å². The second kappa shape index (κ2) is 7.88. The minimum atomic E-state index is 0.114. The smallest absolute Gasteiger partial charge is 0.242 e. The molecule has 1 aromatic rings. The maximum Gasteiger partial charge on any atom is 0.242 e. The molecule has 0 saturated carbocycles. The summed E-state index contributed by atoms with van der Waals surface area (Å²) in [6.45, 7) is 4.52. The molecule has 136 valence electrons. The van der Waals surface area contributed by atoms with Crippen LogP contribution in [0.2, 0.25) is 0 Å². The zero-order valence-electron chi connectivity index (χ0n) is 14.7. The Balaban J connectivity index is 1.45. The van der Waals surface area contributed by atoms with Gasteiger partial charge in [0.1, 0.15) is 0 Å². The molecule has 0 aromatic heterocycles. The number of piperazine rings is 1. The highest BCUT2D eigenvalue weighted by Gasteiger charge is 2.21. The summed E-state index contributed by atoms with van der Waals surface area (Å²) in [4.78, 5) is 18.3. The lowest BCUT2D eigenvalue weighted by molar-refractivity contribution is -0.132. The van der Waals surface area contributed by atoms with Crippen LogP contribution in [0.15, 0.2) is 18.2 Å². The van der Waals surface area contributed by atoms with Crippen molar-refractivity contribution in [2.45, 2.75) is 6.54 Å². The number of hydrogen-bond acceptors (Lipinski definition) is 5. The van der Waals surface area contributed by atoms with Gasteiger partial charge < -0.3 is 29.5 Å². The molecule has 1 fully saturated rings. The predicted molar refractivity (Wildman–Crippen MR) is 98.7 cm³/mol. The van der Waals surface area contributed by atoms with E-state index < -0.39 is 0 Å². The van der Waals surface area contributed by atoms with Crippen molar-refractivity contribution in [3.05, 3.63) is 23.8 Å². The van der Waals surface area contributed by atoms with E-state index in [9.17, 15) is 4.79 Å². The Morgan fingerprint density at radius 3 is 2.72 bits per heavy atom. The largest absolute Gasteiger partial charge is 0.454 e. The van der Waals surface area contributed by atoms with Gasteiger partial charge in [0, 0.05) is 39.8 Å². The van der Waals surface area contributed by atoms with Crippen LogP contribution in [0.25, 0.3) is 0 Å². The van der Waals surface area contributed by atoms with Gasteiger partial charge in [-0.1, -0.05) is 6.07 Å². The molecule has 0 radical (unpaired) electrons. The Kier molecular flexibility index (Phi) is 5.60. The molecule has 0 spiro atoms. The molecule has 7 nitrogen and oxygen atoms in total. The Morgan fingerprint density at radius 2 is 1.96 bits per heavy atom. The summed E-state index contributed by atoms with van der Waals surface area (Å²) in [5, 5.41) is 3.74. The third-order valence-electron chi connectivity index (χ3n) is 4.46.